The van der Waals surface area contributed by atoms with Crippen LogP contribution in [-0.4, -0.2) is 0 Å². The molecule has 0 fully saturated rings. The van der Waals surface area contributed by atoms with Gasteiger partial charge < -0.3 is 5.32 Å². The van der Waals surface area contributed by atoms with Crippen LogP contribution >= 0.6 is 11.3 Å². The summed E-state index contributed by atoms with van der Waals surface area (Å²) in [5.41, 5.74) is 1.85. The van der Waals surface area contributed by atoms with E-state index in [-0.39, 0.29) is 11.9 Å². The highest BCUT2D eigenvalue weighted by molar-refractivity contribution is 7.12. The van der Waals surface area contributed by atoms with E-state index in [2.05, 4.69) is 11.4 Å². The maximum atomic E-state index is 13.7. The first kappa shape index (κ1) is 13.7. The molecule has 1 N–H and O–H groups in total. The third-order valence-corrected chi connectivity index (χ3v) is 5.04. The van der Waals surface area contributed by atoms with Crippen molar-refractivity contribution < 1.29 is 8.78 Å². The van der Waals surface area contributed by atoms with E-state index in [1.165, 1.54) is 46.7 Å². The van der Waals surface area contributed by atoms with Gasteiger partial charge in [-0.1, -0.05) is 0 Å². The van der Waals surface area contributed by atoms with Crippen molar-refractivity contribution in [3.8, 4) is 0 Å². The van der Waals surface area contributed by atoms with Crippen molar-refractivity contribution in [2.24, 2.45) is 0 Å². The van der Waals surface area contributed by atoms with Gasteiger partial charge in [0.2, 0.25) is 0 Å². The fourth-order valence-electron chi connectivity index (χ4n) is 2.69. The normalized spacial score (nSPS) is 15.3. The Labute approximate surface area is 121 Å². The number of hydrogen-bond donors (Lipinski definition) is 1. The molecule has 3 rings (SSSR count). The highest BCUT2D eigenvalue weighted by atomic mass is 32.1. The van der Waals surface area contributed by atoms with Crippen molar-refractivity contribution in [3.63, 3.8) is 0 Å². The zero-order valence-electron chi connectivity index (χ0n) is 11.4. The van der Waals surface area contributed by atoms with Crippen LogP contribution in [0.1, 0.15) is 40.3 Å². The Balaban J connectivity index is 1.66. The summed E-state index contributed by atoms with van der Waals surface area (Å²) in [6, 6.07) is 5.64. The zero-order valence-corrected chi connectivity index (χ0v) is 12.2. The number of thiophene rings is 1. The van der Waals surface area contributed by atoms with Crippen LogP contribution in [0.25, 0.3) is 0 Å². The fourth-order valence-corrected chi connectivity index (χ4v) is 3.90. The topological polar surface area (TPSA) is 12.0 Å². The summed E-state index contributed by atoms with van der Waals surface area (Å²) < 4.78 is 26.9. The molecule has 1 aromatic carbocycles. The van der Waals surface area contributed by atoms with Crippen molar-refractivity contribution in [2.45, 2.75) is 38.8 Å². The van der Waals surface area contributed by atoms with Gasteiger partial charge in [0.1, 0.15) is 11.6 Å². The SMILES string of the molecule is CC(NCc1cc2c(s1)CCC2)c1cc(F)ccc1F. The number of nitrogens with one attached hydrogen (secondary N) is 1. The molecule has 1 aliphatic carbocycles. The highest BCUT2D eigenvalue weighted by Crippen LogP contribution is 2.31. The first-order valence-electron chi connectivity index (χ1n) is 6.92. The molecule has 1 aromatic heterocycles. The van der Waals surface area contributed by atoms with E-state index in [0.717, 1.165) is 6.07 Å². The summed E-state index contributed by atoms with van der Waals surface area (Å²) in [7, 11) is 0. The smallest absolute Gasteiger partial charge is 0.128 e. The zero-order chi connectivity index (χ0) is 14.1. The van der Waals surface area contributed by atoms with E-state index in [1.54, 1.807) is 0 Å². The van der Waals surface area contributed by atoms with Gasteiger partial charge in [0, 0.05) is 27.9 Å². The van der Waals surface area contributed by atoms with Gasteiger partial charge in [0.05, 0.1) is 0 Å². The number of aryl methyl sites for hydroxylation is 2. The van der Waals surface area contributed by atoms with Gasteiger partial charge in [-0.2, -0.15) is 0 Å². The predicted octanol–water partition coefficient (Wildman–Crippen LogP) is 4.37. The van der Waals surface area contributed by atoms with Gasteiger partial charge in [0.25, 0.3) is 0 Å². The second-order valence-electron chi connectivity index (χ2n) is 5.28. The first-order valence-corrected chi connectivity index (χ1v) is 7.74. The second kappa shape index (κ2) is 5.62. The number of rotatable bonds is 4. The molecule has 2 aromatic rings. The van der Waals surface area contributed by atoms with Crippen LogP contribution < -0.4 is 5.32 Å². The van der Waals surface area contributed by atoms with E-state index < -0.39 is 5.82 Å². The summed E-state index contributed by atoms with van der Waals surface area (Å²) in [5, 5.41) is 3.28. The Morgan fingerprint density at radius 3 is 2.90 bits per heavy atom. The van der Waals surface area contributed by atoms with Crippen LogP contribution in [0, 0.1) is 11.6 Å². The van der Waals surface area contributed by atoms with Crippen LogP contribution in [0.2, 0.25) is 0 Å². The fraction of sp³-hybridized carbons (Fsp3) is 0.375. The molecule has 0 amide bonds. The van der Waals surface area contributed by atoms with Gasteiger partial charge in [-0.15, -0.1) is 11.3 Å². The second-order valence-corrected chi connectivity index (χ2v) is 6.50. The molecular weight excluding hydrogens is 276 g/mol. The number of halogens is 2. The predicted molar refractivity (Wildman–Crippen MR) is 78.0 cm³/mol. The third-order valence-electron chi connectivity index (χ3n) is 3.80. The highest BCUT2D eigenvalue weighted by Gasteiger charge is 2.16. The van der Waals surface area contributed by atoms with E-state index in [9.17, 15) is 8.78 Å². The van der Waals surface area contributed by atoms with Crippen molar-refractivity contribution in [3.05, 3.63) is 56.8 Å². The Kier molecular flexibility index (Phi) is 3.85. The lowest BCUT2D eigenvalue weighted by Crippen LogP contribution is -2.18. The summed E-state index contributed by atoms with van der Waals surface area (Å²) in [6.07, 6.45) is 3.63. The lowest BCUT2D eigenvalue weighted by Gasteiger charge is -2.14. The van der Waals surface area contributed by atoms with Gasteiger partial charge in [0.15, 0.2) is 0 Å². The lowest BCUT2D eigenvalue weighted by atomic mass is 10.1. The molecule has 1 unspecified atom stereocenters. The largest absolute Gasteiger partial charge is 0.305 e. The minimum Gasteiger partial charge on any atom is -0.305 e. The molecule has 20 heavy (non-hydrogen) atoms. The standard InChI is InChI=1S/C16H17F2NS/c1-10(14-8-12(17)5-6-15(14)18)19-9-13-7-11-3-2-4-16(11)20-13/h5-8,10,19H,2-4,9H2,1H3. The first-order chi connectivity index (χ1) is 9.63. The average Bonchev–Trinajstić information content (AvgIpc) is 2.99. The van der Waals surface area contributed by atoms with Crippen molar-refractivity contribution in [2.75, 3.05) is 0 Å². The Hall–Kier alpha value is -1.26. The van der Waals surface area contributed by atoms with Crippen molar-refractivity contribution >= 4 is 11.3 Å². The molecule has 0 saturated carbocycles. The van der Waals surface area contributed by atoms with E-state index in [0.29, 0.717) is 12.1 Å². The third kappa shape index (κ3) is 2.76. The molecule has 0 radical (unpaired) electrons. The molecule has 0 spiro atoms. The quantitative estimate of drug-likeness (QED) is 0.883. The molecule has 1 nitrogen and oxygen atoms in total. The molecule has 0 bridgehead atoms. The Morgan fingerprint density at radius 2 is 2.10 bits per heavy atom. The molecular formula is C16H17F2NS. The molecule has 4 heteroatoms. The van der Waals surface area contributed by atoms with Crippen LogP contribution in [0.4, 0.5) is 8.78 Å². The number of fused-ring (bicyclic) bond motifs is 1. The van der Waals surface area contributed by atoms with E-state index >= 15 is 0 Å². The van der Waals surface area contributed by atoms with Crippen LogP contribution in [-0.2, 0) is 19.4 Å². The van der Waals surface area contributed by atoms with Crippen molar-refractivity contribution in [1.29, 1.82) is 0 Å². The molecule has 1 atom stereocenters. The molecule has 1 aliphatic rings. The lowest BCUT2D eigenvalue weighted by molar-refractivity contribution is 0.520. The molecule has 1 heterocycles. The number of benzene rings is 1. The van der Waals surface area contributed by atoms with E-state index in [1.807, 2.05) is 18.3 Å². The maximum Gasteiger partial charge on any atom is 0.128 e. The minimum atomic E-state index is -0.398. The molecule has 106 valence electrons. The van der Waals surface area contributed by atoms with Crippen LogP contribution in [0.15, 0.2) is 24.3 Å². The van der Waals surface area contributed by atoms with Gasteiger partial charge >= 0.3 is 0 Å². The summed E-state index contributed by atoms with van der Waals surface area (Å²) in [6.45, 7) is 2.56. The summed E-state index contributed by atoms with van der Waals surface area (Å²) in [4.78, 5) is 2.77. The van der Waals surface area contributed by atoms with E-state index in [4.69, 9.17) is 0 Å². The Bertz CT molecular complexity index is 599. The van der Waals surface area contributed by atoms with Gasteiger partial charge in [-0.3, -0.25) is 0 Å². The number of hydrogen-bond acceptors (Lipinski definition) is 2. The van der Waals surface area contributed by atoms with Gasteiger partial charge in [-0.05, 0) is 56.0 Å². The monoisotopic (exact) mass is 293 g/mol. The molecule has 0 aliphatic heterocycles. The van der Waals surface area contributed by atoms with Crippen molar-refractivity contribution in [1.82, 2.24) is 5.32 Å². The maximum absolute atomic E-state index is 13.7. The Morgan fingerprint density at radius 1 is 1.25 bits per heavy atom. The van der Waals surface area contributed by atoms with Crippen LogP contribution in [0.3, 0.4) is 0 Å². The molecule has 0 saturated heterocycles. The summed E-state index contributed by atoms with van der Waals surface area (Å²) >= 11 is 1.84. The summed E-state index contributed by atoms with van der Waals surface area (Å²) in [5.74, 6) is -0.759. The van der Waals surface area contributed by atoms with Gasteiger partial charge in [-0.25, -0.2) is 8.78 Å². The van der Waals surface area contributed by atoms with Crippen LogP contribution in [0.5, 0.6) is 0 Å². The average molecular weight is 293 g/mol. The minimum absolute atomic E-state index is 0.206.